The summed E-state index contributed by atoms with van der Waals surface area (Å²) in [6.45, 7) is 0.0345. The third-order valence-electron chi connectivity index (χ3n) is 3.54. The first kappa shape index (κ1) is 18.8. The molecular formula is C19H13ClF3NO3. The number of benzene rings is 2. The number of carbonyl (C=O) groups excluding carboxylic acids is 1. The fraction of sp³-hybridized carbons (Fsp3) is 0.105. The fourth-order valence-electron chi connectivity index (χ4n) is 2.31. The minimum absolute atomic E-state index is 0.0345. The molecule has 0 radical (unpaired) electrons. The van der Waals surface area contributed by atoms with Crippen molar-refractivity contribution in [3.63, 3.8) is 0 Å². The molecule has 3 rings (SSSR count). The van der Waals surface area contributed by atoms with Crippen molar-refractivity contribution in [1.82, 2.24) is 0 Å². The lowest BCUT2D eigenvalue weighted by Gasteiger charge is -2.12. The van der Waals surface area contributed by atoms with Gasteiger partial charge in [-0.2, -0.15) is 13.2 Å². The molecule has 0 fully saturated rings. The number of alkyl halides is 3. The maximum Gasteiger partial charge on any atom is 0.418 e. The number of nitrogens with one attached hydrogen (secondary N) is 1. The van der Waals surface area contributed by atoms with E-state index in [9.17, 15) is 18.0 Å². The number of para-hydroxylation sites is 1. The number of furan rings is 1. The molecule has 0 saturated carbocycles. The average Bonchev–Trinajstić information content (AvgIpc) is 3.09. The Hall–Kier alpha value is -2.93. The predicted molar refractivity (Wildman–Crippen MR) is 93.9 cm³/mol. The molecule has 0 aliphatic heterocycles. The van der Waals surface area contributed by atoms with E-state index in [0.29, 0.717) is 16.5 Å². The van der Waals surface area contributed by atoms with Gasteiger partial charge in [0.2, 0.25) is 0 Å². The first-order chi connectivity index (χ1) is 12.8. The van der Waals surface area contributed by atoms with E-state index < -0.39 is 17.6 Å². The molecule has 0 atom stereocenters. The highest BCUT2D eigenvalue weighted by Gasteiger charge is 2.33. The van der Waals surface area contributed by atoms with Crippen molar-refractivity contribution in [2.45, 2.75) is 12.8 Å². The van der Waals surface area contributed by atoms with Crippen LogP contribution in [0.2, 0.25) is 5.02 Å². The van der Waals surface area contributed by atoms with Crippen LogP contribution in [0.3, 0.4) is 0 Å². The molecule has 1 aromatic heterocycles. The summed E-state index contributed by atoms with van der Waals surface area (Å²) >= 11 is 5.86. The molecule has 0 bridgehead atoms. The summed E-state index contributed by atoms with van der Waals surface area (Å²) in [6, 6.07) is 14.3. The normalized spacial score (nSPS) is 11.3. The van der Waals surface area contributed by atoms with Gasteiger partial charge in [0.05, 0.1) is 11.3 Å². The van der Waals surface area contributed by atoms with E-state index in [0.717, 1.165) is 6.07 Å². The number of anilines is 1. The van der Waals surface area contributed by atoms with E-state index in [1.165, 1.54) is 30.3 Å². The van der Waals surface area contributed by atoms with E-state index in [-0.39, 0.29) is 18.1 Å². The second kappa shape index (κ2) is 7.75. The molecule has 3 aromatic rings. The smallest absolute Gasteiger partial charge is 0.418 e. The van der Waals surface area contributed by atoms with Gasteiger partial charge in [-0.25, -0.2) is 0 Å². The van der Waals surface area contributed by atoms with Crippen LogP contribution in [0.4, 0.5) is 18.9 Å². The van der Waals surface area contributed by atoms with E-state index in [1.54, 1.807) is 24.3 Å². The SMILES string of the molecule is O=C(Nc1ccccc1C(F)(F)F)c1ccc(COc2cccc(Cl)c2)o1. The Labute approximate surface area is 157 Å². The molecule has 1 heterocycles. The number of hydrogen-bond donors (Lipinski definition) is 1. The number of hydrogen-bond acceptors (Lipinski definition) is 3. The van der Waals surface area contributed by atoms with E-state index in [1.807, 2.05) is 0 Å². The molecule has 0 spiro atoms. The minimum Gasteiger partial charge on any atom is -0.486 e. The lowest BCUT2D eigenvalue weighted by molar-refractivity contribution is -0.136. The molecule has 4 nitrogen and oxygen atoms in total. The van der Waals surface area contributed by atoms with Gasteiger partial charge >= 0.3 is 6.18 Å². The Bertz CT molecular complexity index is 953. The predicted octanol–water partition coefficient (Wildman–Crippen LogP) is 5.78. The third kappa shape index (κ3) is 4.83. The molecule has 27 heavy (non-hydrogen) atoms. The first-order valence-corrected chi connectivity index (χ1v) is 8.15. The molecule has 0 saturated heterocycles. The van der Waals surface area contributed by atoms with Gasteiger partial charge in [0, 0.05) is 5.02 Å². The van der Waals surface area contributed by atoms with Crippen LogP contribution in [0.5, 0.6) is 5.75 Å². The van der Waals surface area contributed by atoms with Gasteiger partial charge < -0.3 is 14.5 Å². The Morgan fingerprint density at radius 3 is 2.59 bits per heavy atom. The Morgan fingerprint density at radius 1 is 1.07 bits per heavy atom. The summed E-state index contributed by atoms with van der Waals surface area (Å²) in [5, 5.41) is 2.73. The van der Waals surface area contributed by atoms with Gasteiger partial charge in [-0.05, 0) is 42.5 Å². The maximum absolute atomic E-state index is 13.0. The van der Waals surface area contributed by atoms with Crippen LogP contribution in [0.15, 0.2) is 65.1 Å². The van der Waals surface area contributed by atoms with E-state index in [2.05, 4.69) is 5.32 Å². The van der Waals surface area contributed by atoms with Gasteiger partial charge in [0.1, 0.15) is 18.1 Å². The molecule has 1 N–H and O–H groups in total. The maximum atomic E-state index is 13.0. The van der Waals surface area contributed by atoms with Gasteiger partial charge in [-0.3, -0.25) is 4.79 Å². The zero-order chi connectivity index (χ0) is 19.4. The van der Waals surface area contributed by atoms with Crippen molar-refractivity contribution in [3.05, 3.63) is 82.8 Å². The Morgan fingerprint density at radius 2 is 1.85 bits per heavy atom. The number of amides is 1. The second-order valence-corrected chi connectivity index (χ2v) is 5.95. The topological polar surface area (TPSA) is 51.5 Å². The summed E-state index contributed by atoms with van der Waals surface area (Å²) in [5.41, 5.74) is -1.28. The molecule has 140 valence electrons. The summed E-state index contributed by atoms with van der Waals surface area (Å²) < 4.78 is 49.8. The summed E-state index contributed by atoms with van der Waals surface area (Å²) in [6.07, 6.45) is -4.58. The van der Waals surface area contributed by atoms with Crippen LogP contribution in [0, 0.1) is 0 Å². The number of rotatable bonds is 5. The molecule has 2 aromatic carbocycles. The van der Waals surface area contributed by atoms with Crippen LogP contribution in [0.1, 0.15) is 21.9 Å². The fourth-order valence-corrected chi connectivity index (χ4v) is 2.49. The van der Waals surface area contributed by atoms with Gasteiger partial charge in [0.15, 0.2) is 5.76 Å². The van der Waals surface area contributed by atoms with Crippen LogP contribution >= 0.6 is 11.6 Å². The molecule has 0 aliphatic rings. The van der Waals surface area contributed by atoms with Crippen molar-refractivity contribution in [2.75, 3.05) is 5.32 Å². The number of carbonyl (C=O) groups is 1. The molecule has 1 amide bonds. The third-order valence-corrected chi connectivity index (χ3v) is 3.78. The Balaban J connectivity index is 1.67. The lowest BCUT2D eigenvalue weighted by atomic mass is 10.1. The van der Waals surface area contributed by atoms with Crippen molar-refractivity contribution < 1.29 is 27.1 Å². The number of ether oxygens (including phenoxy) is 1. The minimum atomic E-state index is -4.58. The van der Waals surface area contributed by atoms with Crippen LogP contribution in [0.25, 0.3) is 0 Å². The number of halogens is 4. The average molecular weight is 396 g/mol. The quantitative estimate of drug-likeness (QED) is 0.595. The van der Waals surface area contributed by atoms with Gasteiger partial charge in [-0.1, -0.05) is 29.8 Å². The highest BCUT2D eigenvalue weighted by atomic mass is 35.5. The van der Waals surface area contributed by atoms with Crippen LogP contribution in [-0.2, 0) is 12.8 Å². The molecule has 8 heteroatoms. The largest absolute Gasteiger partial charge is 0.486 e. The van der Waals surface area contributed by atoms with Crippen LogP contribution < -0.4 is 10.1 Å². The monoisotopic (exact) mass is 395 g/mol. The van der Waals surface area contributed by atoms with E-state index >= 15 is 0 Å². The zero-order valence-corrected chi connectivity index (χ0v) is 14.5. The Kier molecular flexibility index (Phi) is 5.41. The molecule has 0 unspecified atom stereocenters. The van der Waals surface area contributed by atoms with Crippen molar-refractivity contribution in [1.29, 1.82) is 0 Å². The van der Waals surface area contributed by atoms with Gasteiger partial charge in [0.25, 0.3) is 5.91 Å². The van der Waals surface area contributed by atoms with Crippen LogP contribution in [-0.4, -0.2) is 5.91 Å². The standard InChI is InChI=1S/C19H13ClF3NO3/c20-12-4-3-5-13(10-12)26-11-14-8-9-17(27-14)18(25)24-16-7-2-1-6-15(16)19(21,22)23/h1-10H,11H2,(H,24,25). The van der Waals surface area contributed by atoms with Crippen molar-refractivity contribution in [3.8, 4) is 5.75 Å². The van der Waals surface area contributed by atoms with Gasteiger partial charge in [-0.15, -0.1) is 0 Å². The van der Waals surface area contributed by atoms with Crippen molar-refractivity contribution in [2.24, 2.45) is 0 Å². The highest BCUT2D eigenvalue weighted by molar-refractivity contribution is 6.30. The molecule has 0 aliphatic carbocycles. The lowest BCUT2D eigenvalue weighted by Crippen LogP contribution is -2.16. The van der Waals surface area contributed by atoms with E-state index in [4.69, 9.17) is 20.8 Å². The highest BCUT2D eigenvalue weighted by Crippen LogP contribution is 2.34. The summed E-state index contributed by atoms with van der Waals surface area (Å²) in [4.78, 5) is 12.2. The summed E-state index contributed by atoms with van der Waals surface area (Å²) in [7, 11) is 0. The summed E-state index contributed by atoms with van der Waals surface area (Å²) in [5.74, 6) is -0.0642. The zero-order valence-electron chi connectivity index (χ0n) is 13.7. The first-order valence-electron chi connectivity index (χ1n) is 7.77. The molecular weight excluding hydrogens is 383 g/mol. The second-order valence-electron chi connectivity index (χ2n) is 5.51. The van der Waals surface area contributed by atoms with Crippen molar-refractivity contribution >= 4 is 23.2 Å².